The number of piperidine rings is 1. The minimum atomic E-state index is -4.82. The number of fused-ring (bicyclic) bond motifs is 2. The SMILES string of the molecule is CC(C)(Oc1ccc(F)cc1Cl)C(=O)N[C@H]1C[C@H]2CC[C@@H](C1)N2c1ccc(C(=O)NCC(O)C(F)(F)F)cn1. The maximum atomic E-state index is 13.3. The Bertz CT molecular complexity index is 1200. The average Bonchev–Trinajstić information content (AvgIpc) is 3.13. The van der Waals surface area contributed by atoms with Gasteiger partial charge in [0.1, 0.15) is 17.4 Å². The van der Waals surface area contributed by atoms with Gasteiger partial charge in [-0.15, -0.1) is 0 Å². The number of amides is 2. The number of hydrogen-bond acceptors (Lipinski definition) is 6. The number of aromatic nitrogens is 1. The Morgan fingerprint density at radius 2 is 1.85 bits per heavy atom. The zero-order valence-electron chi connectivity index (χ0n) is 21.3. The number of aliphatic hydroxyl groups excluding tert-OH is 1. The zero-order valence-corrected chi connectivity index (χ0v) is 22.0. The molecule has 1 unspecified atom stereocenters. The smallest absolute Gasteiger partial charge is 0.416 e. The van der Waals surface area contributed by atoms with E-state index < -0.39 is 36.2 Å². The van der Waals surface area contributed by atoms with Crippen LogP contribution in [0.5, 0.6) is 5.75 Å². The Labute approximate surface area is 227 Å². The molecule has 212 valence electrons. The zero-order chi connectivity index (χ0) is 28.5. The fourth-order valence-electron chi connectivity index (χ4n) is 4.99. The Morgan fingerprint density at radius 3 is 2.41 bits per heavy atom. The van der Waals surface area contributed by atoms with Crippen molar-refractivity contribution in [2.75, 3.05) is 11.4 Å². The highest BCUT2D eigenvalue weighted by Crippen LogP contribution is 2.39. The van der Waals surface area contributed by atoms with E-state index in [1.165, 1.54) is 24.4 Å². The minimum absolute atomic E-state index is 0.0668. The highest BCUT2D eigenvalue weighted by molar-refractivity contribution is 6.32. The van der Waals surface area contributed by atoms with Crippen molar-refractivity contribution < 1.29 is 37.0 Å². The molecule has 13 heteroatoms. The van der Waals surface area contributed by atoms with Crippen LogP contribution >= 0.6 is 11.6 Å². The highest BCUT2D eigenvalue weighted by atomic mass is 35.5. The van der Waals surface area contributed by atoms with Crippen molar-refractivity contribution in [3.05, 3.63) is 52.9 Å². The normalized spacial score (nSPS) is 21.8. The van der Waals surface area contributed by atoms with Crippen LogP contribution in [0.2, 0.25) is 5.02 Å². The molecule has 1 aromatic carbocycles. The number of nitrogens with one attached hydrogen (secondary N) is 2. The van der Waals surface area contributed by atoms with E-state index in [4.69, 9.17) is 21.4 Å². The summed E-state index contributed by atoms with van der Waals surface area (Å²) >= 11 is 6.04. The van der Waals surface area contributed by atoms with E-state index in [2.05, 4.69) is 20.5 Å². The van der Waals surface area contributed by atoms with Gasteiger partial charge in [-0.25, -0.2) is 9.37 Å². The number of ether oxygens (including phenoxy) is 1. The molecule has 0 saturated carbocycles. The van der Waals surface area contributed by atoms with E-state index >= 15 is 0 Å². The number of carbonyl (C=O) groups excluding carboxylic acids is 2. The fourth-order valence-corrected chi connectivity index (χ4v) is 5.19. The van der Waals surface area contributed by atoms with Gasteiger partial charge in [0.2, 0.25) is 0 Å². The van der Waals surface area contributed by atoms with Crippen LogP contribution in [-0.4, -0.2) is 64.5 Å². The van der Waals surface area contributed by atoms with Gasteiger partial charge in [0.15, 0.2) is 11.7 Å². The summed E-state index contributed by atoms with van der Waals surface area (Å²) in [6.45, 7) is 2.26. The summed E-state index contributed by atoms with van der Waals surface area (Å²) in [7, 11) is 0. The molecule has 39 heavy (non-hydrogen) atoms. The number of pyridine rings is 1. The van der Waals surface area contributed by atoms with E-state index in [0.29, 0.717) is 18.7 Å². The Hall–Kier alpha value is -3.12. The largest absolute Gasteiger partial charge is 0.476 e. The molecule has 3 N–H and O–H groups in total. The molecular weight excluding hydrogens is 544 g/mol. The molecule has 2 aromatic rings. The van der Waals surface area contributed by atoms with Crippen molar-refractivity contribution >= 4 is 29.2 Å². The topological polar surface area (TPSA) is 104 Å². The number of alkyl halides is 3. The van der Waals surface area contributed by atoms with Crippen LogP contribution in [-0.2, 0) is 4.79 Å². The number of carbonyl (C=O) groups is 2. The van der Waals surface area contributed by atoms with Crippen LogP contribution < -0.4 is 20.3 Å². The lowest BCUT2D eigenvalue weighted by Crippen LogP contribution is -2.55. The molecule has 4 rings (SSSR count). The molecule has 2 fully saturated rings. The van der Waals surface area contributed by atoms with Crippen LogP contribution in [0.25, 0.3) is 0 Å². The van der Waals surface area contributed by atoms with Crippen molar-refractivity contribution in [1.82, 2.24) is 15.6 Å². The van der Waals surface area contributed by atoms with Gasteiger partial charge in [-0.2, -0.15) is 13.2 Å². The van der Waals surface area contributed by atoms with Crippen molar-refractivity contribution in [3.63, 3.8) is 0 Å². The number of nitrogens with zero attached hydrogens (tertiary/aromatic N) is 2. The molecule has 2 aliphatic heterocycles. The third-order valence-electron chi connectivity index (χ3n) is 6.98. The van der Waals surface area contributed by atoms with Crippen LogP contribution in [0, 0.1) is 5.82 Å². The molecule has 0 spiro atoms. The van der Waals surface area contributed by atoms with Gasteiger partial charge in [-0.05, 0) is 69.9 Å². The number of rotatable bonds is 8. The maximum absolute atomic E-state index is 13.3. The van der Waals surface area contributed by atoms with Crippen LogP contribution in [0.15, 0.2) is 36.5 Å². The molecule has 2 bridgehead atoms. The van der Waals surface area contributed by atoms with Crippen LogP contribution in [0.4, 0.5) is 23.4 Å². The van der Waals surface area contributed by atoms with Gasteiger partial charge < -0.3 is 25.4 Å². The minimum Gasteiger partial charge on any atom is -0.476 e. The molecule has 1 aromatic heterocycles. The van der Waals surface area contributed by atoms with Gasteiger partial charge in [0.25, 0.3) is 11.8 Å². The van der Waals surface area contributed by atoms with Crippen molar-refractivity contribution in [1.29, 1.82) is 0 Å². The fraction of sp³-hybridized carbons (Fsp3) is 0.500. The molecule has 2 saturated heterocycles. The second kappa shape index (κ2) is 11.2. The standard InChI is InChI=1S/C26H29ClF4N4O4/c1-25(2,39-20-7-4-15(28)9-19(20)27)24(38)34-16-10-17-5-6-18(11-16)35(17)22-8-3-14(12-32-22)23(37)33-13-21(36)26(29,30)31/h3-4,7-9,12,16-18,21,36H,5-6,10-11,13H2,1-2H3,(H,33,37)(H,34,38)/t16-,17+,18-,21?. The second-order valence-corrected chi connectivity index (χ2v) is 10.7. The summed E-state index contributed by atoms with van der Waals surface area (Å²) in [6.07, 6.45) is -3.08. The lowest BCUT2D eigenvalue weighted by molar-refractivity contribution is -0.201. The number of hydrogen-bond donors (Lipinski definition) is 3. The van der Waals surface area contributed by atoms with E-state index in [0.717, 1.165) is 18.9 Å². The molecule has 4 atom stereocenters. The quantitative estimate of drug-likeness (QED) is 0.413. The molecule has 2 amide bonds. The lowest BCUT2D eigenvalue weighted by Gasteiger charge is -2.40. The first-order valence-electron chi connectivity index (χ1n) is 12.5. The van der Waals surface area contributed by atoms with E-state index in [1.807, 2.05) is 0 Å². The highest BCUT2D eigenvalue weighted by Gasteiger charge is 2.43. The van der Waals surface area contributed by atoms with Crippen LogP contribution in [0.3, 0.4) is 0 Å². The number of benzene rings is 1. The van der Waals surface area contributed by atoms with Crippen molar-refractivity contribution in [2.24, 2.45) is 0 Å². The summed E-state index contributed by atoms with van der Waals surface area (Å²) in [6, 6.07) is 6.89. The Kier molecular flexibility index (Phi) is 8.27. The van der Waals surface area contributed by atoms with E-state index in [1.54, 1.807) is 19.9 Å². The summed E-state index contributed by atoms with van der Waals surface area (Å²) in [4.78, 5) is 31.7. The monoisotopic (exact) mass is 572 g/mol. The van der Waals surface area contributed by atoms with Gasteiger partial charge in [0, 0.05) is 24.3 Å². The van der Waals surface area contributed by atoms with Crippen LogP contribution in [0.1, 0.15) is 49.9 Å². The molecule has 3 heterocycles. The van der Waals surface area contributed by atoms with Crippen molar-refractivity contribution in [3.8, 4) is 5.75 Å². The molecule has 0 aliphatic carbocycles. The van der Waals surface area contributed by atoms with E-state index in [9.17, 15) is 27.2 Å². The van der Waals surface area contributed by atoms with Gasteiger partial charge >= 0.3 is 6.18 Å². The number of halogens is 5. The summed E-state index contributed by atoms with van der Waals surface area (Å²) in [5, 5.41) is 14.2. The predicted molar refractivity (Wildman–Crippen MR) is 135 cm³/mol. The predicted octanol–water partition coefficient (Wildman–Crippen LogP) is 4.00. The molecular formula is C26H29ClF4N4O4. The van der Waals surface area contributed by atoms with Gasteiger partial charge in [-0.1, -0.05) is 11.6 Å². The first-order chi connectivity index (χ1) is 18.2. The summed E-state index contributed by atoms with van der Waals surface area (Å²) in [5.41, 5.74) is -1.18. The van der Waals surface area contributed by atoms with Gasteiger partial charge in [0.05, 0.1) is 17.1 Å². The summed E-state index contributed by atoms with van der Waals surface area (Å²) < 4.78 is 56.5. The number of aliphatic hydroxyl groups is 1. The molecule has 2 aliphatic rings. The lowest BCUT2D eigenvalue weighted by atomic mass is 9.96. The average molecular weight is 573 g/mol. The maximum Gasteiger partial charge on any atom is 0.416 e. The number of anilines is 1. The Morgan fingerprint density at radius 1 is 1.18 bits per heavy atom. The Balaban J connectivity index is 1.34. The first kappa shape index (κ1) is 28.9. The third-order valence-corrected chi connectivity index (χ3v) is 7.28. The molecule has 0 radical (unpaired) electrons. The van der Waals surface area contributed by atoms with Crippen molar-refractivity contribution in [2.45, 2.75) is 75.5 Å². The molecule has 8 nitrogen and oxygen atoms in total. The van der Waals surface area contributed by atoms with Gasteiger partial charge in [-0.3, -0.25) is 9.59 Å². The summed E-state index contributed by atoms with van der Waals surface area (Å²) in [5.74, 6) is -0.773. The van der Waals surface area contributed by atoms with E-state index in [-0.39, 0.29) is 40.4 Å². The second-order valence-electron chi connectivity index (χ2n) is 10.3. The third kappa shape index (κ3) is 6.73. The first-order valence-corrected chi connectivity index (χ1v) is 12.8.